The van der Waals surface area contributed by atoms with Gasteiger partial charge in [-0.25, -0.2) is 9.18 Å². The third-order valence-corrected chi connectivity index (χ3v) is 14.9. The highest BCUT2D eigenvalue weighted by Gasteiger charge is 2.36. The molecule has 0 radical (unpaired) electrons. The number of rotatable bonds is 9. The van der Waals surface area contributed by atoms with Gasteiger partial charge in [-0.3, -0.25) is 43.0 Å². The molecule has 0 aliphatic carbocycles. The molecule has 4 fully saturated rings. The number of fused-ring (bicyclic) bond motifs is 2. The van der Waals surface area contributed by atoms with E-state index in [0.717, 1.165) is 97.2 Å². The van der Waals surface area contributed by atoms with Gasteiger partial charge in [-0.15, -0.1) is 0 Å². The molecule has 4 aliphatic rings. The summed E-state index contributed by atoms with van der Waals surface area (Å²) in [5.41, 5.74) is 5.41. The fraction of sp³-hybridized carbons (Fsp3) is 0.453. The zero-order valence-electron chi connectivity index (χ0n) is 38.3. The summed E-state index contributed by atoms with van der Waals surface area (Å²) in [6, 6.07) is 24.8. The van der Waals surface area contributed by atoms with Crippen LogP contribution in [0.4, 0.5) is 4.39 Å². The number of halogens is 1. The molecule has 1 aromatic heterocycles. The summed E-state index contributed by atoms with van der Waals surface area (Å²) in [6.07, 6.45) is 5.63. The van der Waals surface area contributed by atoms with E-state index < -0.39 is 6.04 Å². The van der Waals surface area contributed by atoms with Crippen molar-refractivity contribution in [2.24, 2.45) is 18.9 Å². The fourth-order valence-corrected chi connectivity index (χ4v) is 10.8. The van der Waals surface area contributed by atoms with Crippen molar-refractivity contribution >= 4 is 45.4 Å². The molecule has 0 saturated carbocycles. The Kier molecular flexibility index (Phi) is 13.2. The van der Waals surface area contributed by atoms with Crippen LogP contribution in [-0.2, 0) is 32.8 Å². The van der Waals surface area contributed by atoms with Crippen molar-refractivity contribution in [3.05, 3.63) is 117 Å². The monoisotopic (exact) mass is 893 g/mol. The van der Waals surface area contributed by atoms with Gasteiger partial charge in [0.15, 0.2) is 0 Å². The second-order valence-corrected chi connectivity index (χ2v) is 18.9. The summed E-state index contributed by atoms with van der Waals surface area (Å²) >= 11 is 0. The molecule has 5 aromatic rings. The van der Waals surface area contributed by atoms with Gasteiger partial charge >= 0.3 is 5.69 Å². The van der Waals surface area contributed by atoms with E-state index in [0.29, 0.717) is 44.0 Å². The number of likely N-dealkylation sites (N-methyl/N-ethyl adjacent to an activating group) is 1. The summed E-state index contributed by atoms with van der Waals surface area (Å²) in [7, 11) is 3.21. The van der Waals surface area contributed by atoms with Crippen molar-refractivity contribution in [3.63, 3.8) is 0 Å². The first kappa shape index (κ1) is 45.1. The number of benzene rings is 4. The lowest BCUT2D eigenvalue weighted by molar-refractivity contribution is -0.149. The summed E-state index contributed by atoms with van der Waals surface area (Å²) in [5, 5.41) is 5.34. The molecule has 4 saturated heterocycles. The lowest BCUT2D eigenvalue weighted by Gasteiger charge is -2.36. The first-order valence-electron chi connectivity index (χ1n) is 23.7. The molecule has 344 valence electrons. The van der Waals surface area contributed by atoms with E-state index in [1.54, 1.807) is 22.2 Å². The van der Waals surface area contributed by atoms with Crippen molar-refractivity contribution in [1.29, 1.82) is 0 Å². The predicted octanol–water partition coefficient (Wildman–Crippen LogP) is 6.51. The average molecular weight is 894 g/mol. The second kappa shape index (κ2) is 19.4. The molecule has 66 heavy (non-hydrogen) atoms. The molecule has 4 aliphatic heterocycles. The molecule has 13 heteroatoms. The minimum Gasteiger partial charge on any atom is -0.352 e. The van der Waals surface area contributed by atoms with Crippen molar-refractivity contribution in [2.75, 3.05) is 52.9 Å². The molecule has 1 N–H and O–H groups in total. The van der Waals surface area contributed by atoms with E-state index in [1.165, 1.54) is 30.1 Å². The maximum atomic E-state index is 13.6. The molecular weight excluding hydrogens is 834 g/mol. The number of carbonyl (C=O) groups is 4. The number of hydrogen-bond donors (Lipinski definition) is 1. The van der Waals surface area contributed by atoms with Gasteiger partial charge in [-0.05, 0) is 142 Å². The summed E-state index contributed by atoms with van der Waals surface area (Å²) < 4.78 is 16.7. The van der Waals surface area contributed by atoms with Gasteiger partial charge in [-0.1, -0.05) is 60.4 Å². The van der Waals surface area contributed by atoms with Gasteiger partial charge in [0.05, 0.1) is 17.6 Å². The Balaban J connectivity index is 0.748. The van der Waals surface area contributed by atoms with Gasteiger partial charge in [0.25, 0.3) is 5.91 Å². The van der Waals surface area contributed by atoms with E-state index in [1.807, 2.05) is 17.0 Å². The van der Waals surface area contributed by atoms with E-state index in [9.17, 15) is 28.4 Å². The van der Waals surface area contributed by atoms with Crippen LogP contribution in [0.2, 0.25) is 0 Å². The number of aromatic nitrogens is 2. The number of nitrogens with zero attached hydrogens (tertiary/aromatic N) is 6. The van der Waals surface area contributed by atoms with Crippen molar-refractivity contribution in [3.8, 4) is 11.8 Å². The number of imidazole rings is 1. The van der Waals surface area contributed by atoms with Crippen LogP contribution in [0.3, 0.4) is 0 Å². The smallest absolute Gasteiger partial charge is 0.329 e. The van der Waals surface area contributed by atoms with Gasteiger partial charge in [0.1, 0.15) is 11.9 Å². The van der Waals surface area contributed by atoms with E-state index in [-0.39, 0.29) is 59.4 Å². The van der Waals surface area contributed by atoms with Gasteiger partial charge < -0.3 is 10.2 Å². The molecule has 9 rings (SSSR count). The van der Waals surface area contributed by atoms with Crippen molar-refractivity contribution in [1.82, 2.24) is 34.1 Å². The molecule has 4 amide bonds. The quantitative estimate of drug-likeness (QED) is 0.132. The number of amides is 4. The third-order valence-electron chi connectivity index (χ3n) is 14.9. The number of imide groups is 1. The molecule has 2 atom stereocenters. The number of piperidine rings is 4. The number of likely N-dealkylation sites (tertiary alicyclic amines) is 4. The largest absolute Gasteiger partial charge is 0.352 e. The Morgan fingerprint density at radius 2 is 1.53 bits per heavy atom. The topological polar surface area (TPSA) is 120 Å². The summed E-state index contributed by atoms with van der Waals surface area (Å²) in [5.74, 6) is 6.90. The van der Waals surface area contributed by atoms with Gasteiger partial charge in [0, 0.05) is 63.6 Å². The lowest BCUT2D eigenvalue weighted by atomic mass is 9.89. The molecule has 5 heterocycles. The van der Waals surface area contributed by atoms with Crippen molar-refractivity contribution in [2.45, 2.75) is 82.8 Å². The first-order valence-corrected chi connectivity index (χ1v) is 23.7. The highest BCUT2D eigenvalue weighted by molar-refractivity contribution is 6.00. The Bertz CT molecular complexity index is 2780. The molecular formula is C53H60FN7O5. The van der Waals surface area contributed by atoms with Gasteiger partial charge in [0.2, 0.25) is 17.7 Å². The summed E-state index contributed by atoms with van der Waals surface area (Å²) in [6.45, 7) is 7.67. The van der Waals surface area contributed by atoms with Crippen LogP contribution in [0.15, 0.2) is 83.7 Å². The molecule has 4 aromatic carbocycles. The Morgan fingerprint density at radius 1 is 0.788 bits per heavy atom. The Morgan fingerprint density at radius 3 is 2.27 bits per heavy atom. The van der Waals surface area contributed by atoms with E-state index in [4.69, 9.17) is 0 Å². The van der Waals surface area contributed by atoms with E-state index >= 15 is 0 Å². The average Bonchev–Trinajstić information content (AvgIpc) is 3.59. The van der Waals surface area contributed by atoms with Gasteiger partial charge in [-0.2, -0.15) is 0 Å². The highest BCUT2D eigenvalue weighted by atomic mass is 19.1. The lowest BCUT2D eigenvalue weighted by Crippen LogP contribution is -2.45. The minimum absolute atomic E-state index is 0.0346. The maximum Gasteiger partial charge on any atom is 0.329 e. The van der Waals surface area contributed by atoms with Crippen LogP contribution in [0, 0.1) is 29.5 Å². The number of aryl methyl sites for hydroxylation is 1. The number of carbonyl (C=O) groups excluding carboxylic acids is 4. The maximum absolute atomic E-state index is 13.6. The van der Waals surface area contributed by atoms with Crippen LogP contribution in [0.1, 0.15) is 98.5 Å². The zero-order valence-corrected chi connectivity index (χ0v) is 38.3. The van der Waals surface area contributed by atoms with E-state index in [2.05, 4.69) is 82.4 Å². The standard InChI is InChI=1S/C53H60FN7O5/c1-35(59-29-23-40(24-30-59)51(64)55-33-37-7-6-8-42(54)31-37)43-15-13-39(44-9-4-5-10-45(43)44)12-11-36-19-27-60(28-20-36)50(63)34-58-25-21-38(22-26-58)41-14-16-46-48(32-41)56(2)53(66)61(46)47-17-18-49(62)57(3)52(47)65/h4-10,13-16,31-32,35-36,38,40,47H,17-30,33-34H2,1-3H3,(H,55,64). The molecule has 12 nitrogen and oxygen atoms in total. The Hall–Kier alpha value is -6.10. The van der Waals surface area contributed by atoms with Crippen molar-refractivity contribution < 1.29 is 23.6 Å². The molecule has 0 bridgehead atoms. The van der Waals surface area contributed by atoms with Crippen LogP contribution in [-0.4, -0.2) is 105 Å². The SMILES string of the molecule is CC(c1ccc(C#CC2CCN(C(=O)CN3CCC(c4ccc5c(c4)n(C)c(=O)n5C4CCC(=O)N(C)C4=O)CC3)CC2)c2ccccc12)N1CCC(C(=O)NCc2cccc(F)c2)CC1. The minimum atomic E-state index is -0.692. The Labute approximate surface area is 385 Å². The number of hydrogen-bond acceptors (Lipinski definition) is 7. The fourth-order valence-electron chi connectivity index (χ4n) is 10.8. The van der Waals surface area contributed by atoms with Crippen LogP contribution >= 0.6 is 0 Å². The summed E-state index contributed by atoms with van der Waals surface area (Å²) in [4.78, 5) is 72.8. The third kappa shape index (κ3) is 9.31. The number of nitrogens with one attached hydrogen (secondary N) is 1. The normalized spacial score (nSPS) is 20.2. The second-order valence-electron chi connectivity index (χ2n) is 18.9. The first-order chi connectivity index (χ1) is 31.9. The van der Waals surface area contributed by atoms with Crippen LogP contribution in [0.5, 0.6) is 0 Å². The van der Waals surface area contributed by atoms with Crippen LogP contribution in [0.25, 0.3) is 21.8 Å². The highest BCUT2D eigenvalue weighted by Crippen LogP contribution is 2.35. The van der Waals surface area contributed by atoms with Crippen LogP contribution < -0.4 is 11.0 Å². The molecule has 2 unspecified atom stereocenters. The predicted molar refractivity (Wildman–Crippen MR) is 253 cm³/mol. The zero-order chi connectivity index (χ0) is 46.1. The molecule has 0 spiro atoms.